The van der Waals surface area contributed by atoms with Gasteiger partial charge in [-0.25, -0.2) is 0 Å². The van der Waals surface area contributed by atoms with Crippen LogP contribution >= 0.6 is 11.6 Å². The van der Waals surface area contributed by atoms with Crippen LogP contribution in [0.15, 0.2) is 84.9 Å². The Hall–Kier alpha value is -3.91. The van der Waals surface area contributed by atoms with Gasteiger partial charge in [0.25, 0.3) is 11.8 Å². The molecule has 6 nitrogen and oxygen atoms in total. The minimum atomic E-state index is -0.0224. The number of rotatable bonds is 13. The normalized spacial score (nSPS) is 10.5. The van der Waals surface area contributed by atoms with E-state index in [0.29, 0.717) is 31.5 Å². The van der Waals surface area contributed by atoms with E-state index >= 15 is 0 Å². The molecule has 0 saturated carbocycles. The first-order valence-electron chi connectivity index (χ1n) is 17.4. The lowest BCUT2D eigenvalue weighted by Gasteiger charge is -2.09. The van der Waals surface area contributed by atoms with Crippen LogP contribution in [0, 0.1) is 39.5 Å². The summed E-state index contributed by atoms with van der Waals surface area (Å²) < 4.78 is 4.53. The lowest BCUT2D eigenvalue weighted by molar-refractivity contribution is 0.0945. The first-order valence-corrected chi connectivity index (χ1v) is 17.8. The third-order valence-corrected chi connectivity index (χ3v) is 7.70. The molecule has 0 aliphatic carbocycles. The van der Waals surface area contributed by atoms with Crippen LogP contribution in [0.4, 0.5) is 0 Å². The fraction of sp³-hybridized carbons (Fsp3) is 0.381. The highest BCUT2D eigenvalue weighted by Gasteiger charge is 2.08. The molecule has 0 heterocycles. The quantitative estimate of drug-likeness (QED) is 0.122. The highest BCUT2D eigenvalue weighted by atomic mass is 35.5. The minimum absolute atomic E-state index is 0.00762. The smallest absolute Gasteiger partial charge is 0.429 e. The van der Waals surface area contributed by atoms with Crippen molar-refractivity contribution in [3.8, 4) is 0 Å². The van der Waals surface area contributed by atoms with Crippen LogP contribution in [0.1, 0.15) is 87.4 Å². The van der Waals surface area contributed by atoms with E-state index in [1.165, 1.54) is 11.1 Å². The zero-order valence-electron chi connectivity index (χ0n) is 31.1. The van der Waals surface area contributed by atoms with Crippen molar-refractivity contribution in [1.82, 2.24) is 10.6 Å². The first-order chi connectivity index (χ1) is 23.7. The molecule has 0 bridgehead atoms. The maximum Gasteiger partial charge on any atom is 0.485 e. The van der Waals surface area contributed by atoms with Crippen molar-refractivity contribution in [3.63, 3.8) is 0 Å². The predicted octanol–water partition coefficient (Wildman–Crippen LogP) is 8.59. The summed E-state index contributed by atoms with van der Waals surface area (Å²) in [6, 6.07) is 28.2. The second-order valence-corrected chi connectivity index (χ2v) is 14.1. The average Bonchev–Trinajstić information content (AvgIpc) is 3.05. The Balaban J connectivity index is 0.000000294. The largest absolute Gasteiger partial charge is 0.485 e. The highest BCUT2D eigenvalue weighted by Crippen LogP contribution is 2.13. The molecule has 0 unspecified atom stereocenters. The zero-order chi connectivity index (χ0) is 37.1. The molecule has 0 saturated heterocycles. The molecule has 0 spiro atoms. The van der Waals surface area contributed by atoms with Crippen LogP contribution in [0.2, 0.25) is 5.02 Å². The summed E-state index contributed by atoms with van der Waals surface area (Å²) in [6.45, 7) is 18.4. The number of carbonyl (C=O) groups is 2. The van der Waals surface area contributed by atoms with E-state index < -0.39 is 0 Å². The van der Waals surface area contributed by atoms with Crippen molar-refractivity contribution in [2.75, 3.05) is 19.7 Å². The van der Waals surface area contributed by atoms with Crippen molar-refractivity contribution < 1.29 is 19.3 Å². The number of benzene rings is 4. The van der Waals surface area contributed by atoms with Gasteiger partial charge >= 0.3 is 7.69 Å². The van der Waals surface area contributed by atoms with Gasteiger partial charge in [-0.3, -0.25) is 9.59 Å². The highest BCUT2D eigenvalue weighted by molar-refractivity contribution is 6.30. The number of halogens is 1. The molecule has 0 aromatic heterocycles. The van der Waals surface area contributed by atoms with Gasteiger partial charge in [-0.2, -0.15) is 0 Å². The van der Waals surface area contributed by atoms with Crippen molar-refractivity contribution in [1.29, 1.82) is 0 Å². The van der Waals surface area contributed by atoms with Crippen LogP contribution in [-0.2, 0) is 23.9 Å². The molecule has 50 heavy (non-hydrogen) atoms. The van der Waals surface area contributed by atoms with Gasteiger partial charge in [0.15, 0.2) is 0 Å². The number of hydrogen-bond donors (Lipinski definition) is 3. The standard InChI is InChI=1S/C21H27NO.C17H18ClNO.C4H10BO2/c1-15(2)11-19-7-5-18(6-8-19)9-10-22-21(23)20-13-16(3)12-17(4)14-20;1-12-9-13(2)11-15(10-12)17(20)19-8-7-14-3-5-16(18)6-4-14;1-4(2)3-7-5-6/h5-8,12-15H,9-11H2,1-4H3,(H,22,23);3-6,9-11H,7-8H2,1-2H3,(H,19,20);4,6H,3H2,1-2H3. The van der Waals surface area contributed by atoms with E-state index in [1.54, 1.807) is 0 Å². The Bertz CT molecular complexity index is 1570. The van der Waals surface area contributed by atoms with E-state index in [1.807, 2.05) is 90.1 Å². The molecular formula is C42H55BClN2O4. The molecule has 8 heteroatoms. The third-order valence-electron chi connectivity index (χ3n) is 7.45. The zero-order valence-corrected chi connectivity index (χ0v) is 31.9. The molecule has 4 aromatic carbocycles. The van der Waals surface area contributed by atoms with Crippen LogP contribution < -0.4 is 10.6 Å². The molecule has 0 fully saturated rings. The Morgan fingerprint density at radius 2 is 1.02 bits per heavy atom. The molecule has 0 atom stereocenters. The van der Waals surface area contributed by atoms with Gasteiger partial charge in [-0.1, -0.05) is 110 Å². The third kappa shape index (κ3) is 17.7. The van der Waals surface area contributed by atoms with E-state index in [9.17, 15) is 9.59 Å². The predicted molar refractivity (Wildman–Crippen MR) is 209 cm³/mol. The summed E-state index contributed by atoms with van der Waals surface area (Å²) in [5.74, 6) is 1.15. The van der Waals surface area contributed by atoms with Gasteiger partial charge in [-0.15, -0.1) is 0 Å². The van der Waals surface area contributed by atoms with Crippen molar-refractivity contribution in [3.05, 3.63) is 140 Å². The lowest BCUT2D eigenvalue weighted by atomic mass is 10.0. The molecule has 4 aromatic rings. The molecule has 4 rings (SSSR count). The lowest BCUT2D eigenvalue weighted by Crippen LogP contribution is -2.25. The second kappa shape index (κ2) is 22.7. The van der Waals surface area contributed by atoms with Crippen molar-refractivity contribution >= 4 is 31.1 Å². The summed E-state index contributed by atoms with van der Waals surface area (Å²) in [5, 5.41) is 14.7. The van der Waals surface area contributed by atoms with Gasteiger partial charge in [-0.05, 0) is 112 Å². The summed E-state index contributed by atoms with van der Waals surface area (Å²) in [7, 11) is 0.722. The Labute approximate surface area is 306 Å². The van der Waals surface area contributed by atoms with Gasteiger partial charge in [0.05, 0.1) is 0 Å². The van der Waals surface area contributed by atoms with E-state index in [0.717, 1.165) is 70.9 Å². The topological polar surface area (TPSA) is 87.7 Å². The van der Waals surface area contributed by atoms with E-state index in [-0.39, 0.29) is 11.8 Å². The van der Waals surface area contributed by atoms with Crippen molar-refractivity contribution in [2.45, 2.75) is 74.7 Å². The second-order valence-electron chi connectivity index (χ2n) is 13.6. The van der Waals surface area contributed by atoms with Crippen LogP contribution in [0.5, 0.6) is 0 Å². The van der Waals surface area contributed by atoms with Crippen LogP contribution in [0.3, 0.4) is 0 Å². The summed E-state index contributed by atoms with van der Waals surface area (Å²) >= 11 is 5.84. The SMILES string of the molecule is CC(C)CO[B]O.Cc1cc(C)cc(C(=O)NCCc2ccc(CC(C)C)cc2)c1.Cc1cc(C)cc(C(=O)NCCc2ccc(Cl)cc2)c1. The molecule has 267 valence electrons. The minimum Gasteiger partial charge on any atom is -0.429 e. The van der Waals surface area contributed by atoms with Crippen LogP contribution in [0.25, 0.3) is 0 Å². The first kappa shape index (κ1) is 42.3. The molecular weight excluding hydrogens is 643 g/mol. The maximum absolute atomic E-state index is 12.2. The van der Waals surface area contributed by atoms with Gasteiger partial charge < -0.3 is 20.3 Å². The van der Waals surface area contributed by atoms with Gasteiger partial charge in [0.1, 0.15) is 0 Å². The summed E-state index contributed by atoms with van der Waals surface area (Å²) in [6.07, 6.45) is 2.77. The summed E-state index contributed by atoms with van der Waals surface area (Å²) in [4.78, 5) is 24.3. The molecule has 2 amide bonds. The number of aryl methyl sites for hydroxylation is 4. The van der Waals surface area contributed by atoms with E-state index in [4.69, 9.17) is 16.6 Å². The van der Waals surface area contributed by atoms with Crippen LogP contribution in [-0.4, -0.2) is 44.2 Å². The summed E-state index contributed by atoms with van der Waals surface area (Å²) in [5.41, 5.74) is 9.72. The molecule has 1 radical (unpaired) electrons. The monoisotopic (exact) mass is 697 g/mol. The van der Waals surface area contributed by atoms with Crippen molar-refractivity contribution in [2.24, 2.45) is 11.8 Å². The number of nitrogens with one attached hydrogen (secondary N) is 2. The average molecular weight is 698 g/mol. The number of carbonyl (C=O) groups excluding carboxylic acids is 2. The molecule has 3 N–H and O–H groups in total. The molecule has 0 aliphatic heterocycles. The van der Waals surface area contributed by atoms with Gasteiger partial charge in [0, 0.05) is 35.8 Å². The Morgan fingerprint density at radius 1 is 0.640 bits per heavy atom. The van der Waals surface area contributed by atoms with Gasteiger partial charge in [0.2, 0.25) is 0 Å². The number of hydrogen-bond acceptors (Lipinski definition) is 4. The maximum atomic E-state index is 12.2. The molecule has 0 aliphatic rings. The fourth-order valence-corrected chi connectivity index (χ4v) is 5.38. The number of amides is 2. The Kier molecular flexibility index (Phi) is 19.2. The van der Waals surface area contributed by atoms with E-state index in [2.05, 4.69) is 65.5 Å². The Morgan fingerprint density at radius 3 is 1.36 bits per heavy atom. The fourth-order valence-electron chi connectivity index (χ4n) is 5.26.